The smallest absolute Gasteiger partial charge is 0.311 e. The van der Waals surface area contributed by atoms with Crippen molar-refractivity contribution in [1.29, 1.82) is 0 Å². The number of aromatic nitrogens is 1. The molecular formula is C47H57N5O6S. The van der Waals surface area contributed by atoms with Crippen LogP contribution in [-0.4, -0.2) is 87.1 Å². The third kappa shape index (κ3) is 10.5. The van der Waals surface area contributed by atoms with Crippen molar-refractivity contribution >= 4 is 40.8 Å². The minimum absolute atomic E-state index is 0.0258. The number of thiazole rings is 1. The molecule has 0 saturated carbocycles. The highest BCUT2D eigenvalue weighted by atomic mass is 32.1. The van der Waals surface area contributed by atoms with E-state index < -0.39 is 35.9 Å². The number of likely N-dealkylation sites (N-methyl/N-ethyl adjacent to an activating group) is 1. The molecule has 6 rings (SSSR count). The van der Waals surface area contributed by atoms with Crippen molar-refractivity contribution in [1.82, 2.24) is 25.4 Å². The van der Waals surface area contributed by atoms with E-state index in [-0.39, 0.29) is 65.6 Å². The topological polar surface area (TPSA) is 149 Å². The zero-order valence-electron chi connectivity index (χ0n) is 34.7. The van der Waals surface area contributed by atoms with E-state index in [4.69, 9.17) is 0 Å². The Morgan fingerprint density at radius 3 is 2.32 bits per heavy atom. The van der Waals surface area contributed by atoms with E-state index >= 15 is 0 Å². The number of aliphatic carboxylic acids is 1. The molecule has 59 heavy (non-hydrogen) atoms. The highest BCUT2D eigenvalue weighted by molar-refractivity contribution is 7.12. The van der Waals surface area contributed by atoms with E-state index in [0.29, 0.717) is 12.8 Å². The molecule has 3 N–H and O–H groups in total. The van der Waals surface area contributed by atoms with Crippen LogP contribution in [0.1, 0.15) is 109 Å². The number of fused-ring (bicyclic) bond motifs is 1. The summed E-state index contributed by atoms with van der Waals surface area (Å²) < 4.78 is 0. The van der Waals surface area contributed by atoms with Gasteiger partial charge in [0.1, 0.15) is 11.7 Å². The summed E-state index contributed by atoms with van der Waals surface area (Å²) in [5, 5.41) is 18.1. The molecule has 3 amide bonds. The molecule has 4 aromatic rings. The second-order valence-electron chi connectivity index (χ2n) is 16.6. The average molecular weight is 820 g/mol. The summed E-state index contributed by atoms with van der Waals surface area (Å²) in [6.07, 6.45) is 4.06. The van der Waals surface area contributed by atoms with E-state index in [1.165, 1.54) is 0 Å². The summed E-state index contributed by atoms with van der Waals surface area (Å²) in [6, 6.07) is 23.2. The molecule has 2 aliphatic rings. The van der Waals surface area contributed by atoms with Gasteiger partial charge in [-0.25, -0.2) is 4.98 Å². The number of ketones is 1. The molecule has 3 aromatic carbocycles. The van der Waals surface area contributed by atoms with Crippen molar-refractivity contribution in [2.45, 2.75) is 109 Å². The summed E-state index contributed by atoms with van der Waals surface area (Å²) in [5.41, 5.74) is 4.55. The van der Waals surface area contributed by atoms with Crippen LogP contribution in [0.2, 0.25) is 0 Å². The van der Waals surface area contributed by atoms with Crippen molar-refractivity contribution < 1.29 is 29.1 Å². The normalized spacial score (nSPS) is 19.5. The maximum Gasteiger partial charge on any atom is 0.311 e. The maximum atomic E-state index is 14.8. The third-order valence-corrected chi connectivity index (χ3v) is 13.0. The van der Waals surface area contributed by atoms with Crippen LogP contribution in [0.15, 0.2) is 84.2 Å². The zero-order chi connectivity index (χ0) is 42.2. The van der Waals surface area contributed by atoms with E-state index in [2.05, 4.69) is 20.5 Å². The van der Waals surface area contributed by atoms with Gasteiger partial charge >= 0.3 is 5.97 Å². The first kappa shape index (κ1) is 43.4. The molecule has 6 atom stereocenters. The Hall–Kier alpha value is -5.20. The number of carboxylic acid groups (broad SMARTS) is 1. The van der Waals surface area contributed by atoms with Gasteiger partial charge in [-0.1, -0.05) is 119 Å². The molecule has 1 aliphatic carbocycles. The van der Waals surface area contributed by atoms with Crippen LogP contribution < -0.4 is 10.6 Å². The van der Waals surface area contributed by atoms with Crippen LogP contribution in [0.3, 0.4) is 0 Å². The van der Waals surface area contributed by atoms with Gasteiger partial charge in [0.2, 0.25) is 11.8 Å². The van der Waals surface area contributed by atoms with Gasteiger partial charge in [0.05, 0.1) is 12.0 Å². The number of likely N-dealkylation sites (tertiary alicyclic amines) is 1. The maximum absolute atomic E-state index is 14.8. The lowest BCUT2D eigenvalue weighted by molar-refractivity contribution is -0.142. The van der Waals surface area contributed by atoms with Crippen molar-refractivity contribution in [2.24, 2.45) is 11.8 Å². The number of nitrogens with one attached hydrogen (secondary N) is 2. The number of rotatable bonds is 16. The number of amides is 3. The summed E-state index contributed by atoms with van der Waals surface area (Å²) in [4.78, 5) is 76.9. The molecule has 1 aromatic heterocycles. The summed E-state index contributed by atoms with van der Waals surface area (Å²) in [6.45, 7) is 9.02. The fraction of sp³-hybridized carbons (Fsp3) is 0.447. The zero-order valence-corrected chi connectivity index (χ0v) is 35.5. The SMILES string of the molecule is CCC(C)C(NC(=O)C1CCCCN1C)C(=O)N(Cc1ccccc1)[C@H](CC(=O)c1nc(C(=O)N[C@H]2Cc3ccc(-c4ccccc4)cc3[C@H](C(=O)O)C2)cs1)C(C)C. The Morgan fingerprint density at radius 2 is 1.66 bits per heavy atom. The van der Waals surface area contributed by atoms with Gasteiger partial charge in [0.25, 0.3) is 5.91 Å². The van der Waals surface area contributed by atoms with Gasteiger partial charge in [-0.05, 0) is 78.9 Å². The van der Waals surface area contributed by atoms with E-state index in [1.54, 1.807) is 10.3 Å². The standard InChI is InChI=1S/C47H57N5O6S/c1-6-30(4)42(50-44(55)39-19-13-14-22-51(39)5)46(56)52(27-31-15-9-7-10-16-31)40(29(2)3)26-41(53)45-49-38(28-59-45)43(54)48-35-23-34-21-20-33(32-17-11-8-12-18-32)24-36(34)37(25-35)47(57)58/h7-12,15-18,20-21,24,28-30,35,37,39-40,42H,6,13-14,19,22-23,25-27H2,1-5H3,(H,48,54)(H,50,55)(H,57,58)/t30?,35-,37+,39?,40+,42?/m0/s1. The van der Waals surface area contributed by atoms with Gasteiger partial charge in [0.15, 0.2) is 10.8 Å². The lowest BCUT2D eigenvalue weighted by Gasteiger charge is -2.39. The quantitative estimate of drug-likeness (QED) is 0.0994. The Kier molecular flexibility index (Phi) is 14.5. The minimum atomic E-state index is -0.953. The van der Waals surface area contributed by atoms with Crippen LogP contribution in [0.5, 0.6) is 0 Å². The molecule has 12 heteroatoms. The molecule has 0 spiro atoms. The Morgan fingerprint density at radius 1 is 0.949 bits per heavy atom. The molecule has 2 heterocycles. The molecule has 11 nitrogen and oxygen atoms in total. The fourth-order valence-corrected chi connectivity index (χ4v) is 9.17. The Labute approximate surface area is 351 Å². The van der Waals surface area contributed by atoms with Crippen LogP contribution in [0.4, 0.5) is 0 Å². The van der Waals surface area contributed by atoms with Crippen LogP contribution in [0, 0.1) is 11.8 Å². The number of nitrogens with zero attached hydrogens (tertiary/aromatic N) is 3. The molecule has 1 saturated heterocycles. The predicted molar refractivity (Wildman–Crippen MR) is 230 cm³/mol. The van der Waals surface area contributed by atoms with Gasteiger partial charge in [-0.3, -0.25) is 28.9 Å². The van der Waals surface area contributed by atoms with E-state index in [0.717, 1.165) is 65.0 Å². The second kappa shape index (κ2) is 19.7. The molecule has 3 unspecified atom stereocenters. The predicted octanol–water partition coefficient (Wildman–Crippen LogP) is 7.36. The molecule has 0 radical (unpaired) electrons. The number of hydrogen-bond donors (Lipinski definition) is 3. The molecular weight excluding hydrogens is 763 g/mol. The summed E-state index contributed by atoms with van der Waals surface area (Å²) >= 11 is 1.08. The number of Topliss-reactive ketones (excluding diaryl/α,β-unsaturated/α-hetero) is 1. The van der Waals surface area contributed by atoms with Gasteiger partial charge in [0, 0.05) is 30.4 Å². The summed E-state index contributed by atoms with van der Waals surface area (Å²) in [5.74, 6) is -3.18. The number of carbonyl (C=O) groups excluding carboxylic acids is 4. The largest absolute Gasteiger partial charge is 0.481 e. The second-order valence-corrected chi connectivity index (χ2v) is 17.4. The van der Waals surface area contributed by atoms with Gasteiger partial charge in [-0.2, -0.15) is 0 Å². The first-order valence-electron chi connectivity index (χ1n) is 20.9. The van der Waals surface area contributed by atoms with Crippen molar-refractivity contribution in [2.75, 3.05) is 13.6 Å². The monoisotopic (exact) mass is 819 g/mol. The Balaban J connectivity index is 1.18. The van der Waals surface area contributed by atoms with Crippen LogP contribution >= 0.6 is 11.3 Å². The molecule has 1 fully saturated rings. The molecule has 1 aliphatic heterocycles. The number of piperidine rings is 1. The van der Waals surface area contributed by atoms with Crippen LogP contribution in [-0.2, 0) is 27.3 Å². The van der Waals surface area contributed by atoms with Gasteiger partial charge in [-0.15, -0.1) is 11.3 Å². The first-order valence-corrected chi connectivity index (χ1v) is 21.8. The molecule has 312 valence electrons. The third-order valence-electron chi connectivity index (χ3n) is 12.1. The lowest BCUT2D eigenvalue weighted by atomic mass is 9.79. The number of carboxylic acids is 1. The lowest BCUT2D eigenvalue weighted by Crippen LogP contribution is -2.58. The number of benzene rings is 3. The molecule has 0 bridgehead atoms. The highest BCUT2D eigenvalue weighted by Gasteiger charge is 2.38. The van der Waals surface area contributed by atoms with Gasteiger partial charge < -0.3 is 20.6 Å². The average Bonchev–Trinajstić information content (AvgIpc) is 3.75. The van der Waals surface area contributed by atoms with Crippen molar-refractivity contribution in [3.8, 4) is 11.1 Å². The van der Waals surface area contributed by atoms with Crippen molar-refractivity contribution in [3.63, 3.8) is 0 Å². The number of carbonyl (C=O) groups is 5. The first-order chi connectivity index (χ1) is 28.3. The van der Waals surface area contributed by atoms with Crippen LogP contribution in [0.25, 0.3) is 11.1 Å². The van der Waals surface area contributed by atoms with E-state index in [9.17, 15) is 29.1 Å². The van der Waals surface area contributed by atoms with Crippen molar-refractivity contribution in [3.05, 3.63) is 112 Å². The minimum Gasteiger partial charge on any atom is -0.481 e. The fourth-order valence-electron chi connectivity index (χ4n) is 8.42. The summed E-state index contributed by atoms with van der Waals surface area (Å²) in [7, 11) is 1.95. The highest BCUT2D eigenvalue weighted by Crippen LogP contribution is 2.35. The van der Waals surface area contributed by atoms with E-state index in [1.807, 2.05) is 114 Å². The number of hydrogen-bond acceptors (Lipinski definition) is 8. The Bertz CT molecular complexity index is 2110.